The second-order valence-corrected chi connectivity index (χ2v) is 6.97. The van der Waals surface area contributed by atoms with Gasteiger partial charge in [0.05, 0.1) is 5.56 Å². The highest BCUT2D eigenvalue weighted by Crippen LogP contribution is 2.28. The van der Waals surface area contributed by atoms with E-state index in [2.05, 4.69) is 4.90 Å². The SMILES string of the molecule is Cc1c(N)cc(C(=O)O)cc1N1CCN(C(=O)OC(C)(C)C)CC1. The molecular formula is C17H25N3O4. The number of rotatable bonds is 2. The summed E-state index contributed by atoms with van der Waals surface area (Å²) < 4.78 is 5.38. The minimum atomic E-state index is -1.00. The lowest BCUT2D eigenvalue weighted by Crippen LogP contribution is -2.50. The molecule has 1 aromatic carbocycles. The number of anilines is 2. The molecular weight excluding hydrogens is 310 g/mol. The number of nitrogen functional groups attached to an aromatic ring is 1. The van der Waals surface area contributed by atoms with Gasteiger partial charge in [-0.2, -0.15) is 0 Å². The van der Waals surface area contributed by atoms with Crippen molar-refractivity contribution >= 4 is 23.4 Å². The van der Waals surface area contributed by atoms with Gasteiger partial charge in [-0.1, -0.05) is 0 Å². The van der Waals surface area contributed by atoms with Crippen molar-refractivity contribution in [3.05, 3.63) is 23.3 Å². The summed E-state index contributed by atoms with van der Waals surface area (Å²) in [7, 11) is 0. The zero-order chi connectivity index (χ0) is 18.1. The number of carbonyl (C=O) groups is 2. The van der Waals surface area contributed by atoms with Crippen LogP contribution in [-0.2, 0) is 4.74 Å². The Morgan fingerprint density at radius 1 is 1.17 bits per heavy atom. The van der Waals surface area contributed by atoms with E-state index < -0.39 is 11.6 Å². The molecule has 1 fully saturated rings. The van der Waals surface area contributed by atoms with E-state index in [1.54, 1.807) is 11.0 Å². The van der Waals surface area contributed by atoms with Gasteiger partial charge in [0, 0.05) is 37.6 Å². The molecule has 1 heterocycles. The standard InChI is InChI=1S/C17H25N3O4/c1-11-13(18)9-12(15(21)22)10-14(11)19-5-7-20(8-6-19)16(23)24-17(2,3)4/h9-10H,5-8,18H2,1-4H3,(H,21,22). The molecule has 0 radical (unpaired) electrons. The molecule has 2 rings (SSSR count). The molecule has 0 bridgehead atoms. The van der Waals surface area contributed by atoms with Crippen LogP contribution in [0.5, 0.6) is 0 Å². The van der Waals surface area contributed by atoms with E-state index in [0.717, 1.165) is 11.3 Å². The van der Waals surface area contributed by atoms with Crippen LogP contribution in [0.15, 0.2) is 12.1 Å². The number of carboxylic acid groups (broad SMARTS) is 1. The molecule has 132 valence electrons. The van der Waals surface area contributed by atoms with Crippen LogP contribution >= 0.6 is 0 Å². The third kappa shape index (κ3) is 4.10. The van der Waals surface area contributed by atoms with Crippen LogP contribution in [0.2, 0.25) is 0 Å². The van der Waals surface area contributed by atoms with Gasteiger partial charge in [0.25, 0.3) is 0 Å². The Kier molecular flexibility index (Phi) is 4.91. The summed E-state index contributed by atoms with van der Waals surface area (Å²) in [6.07, 6.45) is -0.322. The van der Waals surface area contributed by atoms with Gasteiger partial charge in [-0.05, 0) is 45.4 Å². The maximum Gasteiger partial charge on any atom is 0.410 e. The van der Waals surface area contributed by atoms with Crippen LogP contribution in [0, 0.1) is 6.92 Å². The van der Waals surface area contributed by atoms with Crippen LogP contribution in [-0.4, -0.2) is 53.8 Å². The molecule has 1 saturated heterocycles. The average molecular weight is 335 g/mol. The third-order valence-corrected chi connectivity index (χ3v) is 3.94. The zero-order valence-corrected chi connectivity index (χ0v) is 14.6. The van der Waals surface area contributed by atoms with Gasteiger partial charge < -0.3 is 25.4 Å². The fraction of sp³-hybridized carbons (Fsp3) is 0.529. The normalized spacial score (nSPS) is 15.3. The number of nitrogens with two attached hydrogens (primary N) is 1. The van der Waals surface area contributed by atoms with E-state index >= 15 is 0 Å². The largest absolute Gasteiger partial charge is 0.478 e. The Balaban J connectivity index is 2.10. The predicted octanol–water partition coefficient (Wildman–Crippen LogP) is 2.33. The van der Waals surface area contributed by atoms with Gasteiger partial charge in [0.2, 0.25) is 0 Å². The van der Waals surface area contributed by atoms with Crippen molar-refractivity contribution in [3.63, 3.8) is 0 Å². The van der Waals surface area contributed by atoms with E-state index in [4.69, 9.17) is 10.5 Å². The lowest BCUT2D eigenvalue weighted by atomic mass is 10.1. The molecule has 0 atom stereocenters. The first kappa shape index (κ1) is 17.9. The maximum atomic E-state index is 12.1. The lowest BCUT2D eigenvalue weighted by molar-refractivity contribution is 0.0240. The van der Waals surface area contributed by atoms with Crippen LogP contribution < -0.4 is 10.6 Å². The topological polar surface area (TPSA) is 96.1 Å². The van der Waals surface area contributed by atoms with Gasteiger partial charge in [0.1, 0.15) is 5.60 Å². The zero-order valence-electron chi connectivity index (χ0n) is 14.6. The summed E-state index contributed by atoms with van der Waals surface area (Å²) in [6, 6.07) is 3.11. The fourth-order valence-electron chi connectivity index (χ4n) is 2.63. The first-order valence-electron chi connectivity index (χ1n) is 7.95. The molecule has 7 nitrogen and oxygen atoms in total. The molecule has 3 N–H and O–H groups in total. The van der Waals surface area contributed by atoms with E-state index in [1.165, 1.54) is 6.07 Å². The highest BCUT2D eigenvalue weighted by atomic mass is 16.6. The van der Waals surface area contributed by atoms with Crippen molar-refractivity contribution in [2.24, 2.45) is 0 Å². The Labute approximate surface area is 142 Å². The third-order valence-electron chi connectivity index (χ3n) is 3.94. The van der Waals surface area contributed by atoms with E-state index in [0.29, 0.717) is 31.9 Å². The van der Waals surface area contributed by atoms with Crippen molar-refractivity contribution in [3.8, 4) is 0 Å². The molecule has 1 amide bonds. The second kappa shape index (κ2) is 6.59. The number of carboxylic acids is 1. The number of carbonyl (C=O) groups excluding carboxylic acids is 1. The summed E-state index contributed by atoms with van der Waals surface area (Å²) >= 11 is 0. The minimum Gasteiger partial charge on any atom is -0.478 e. The van der Waals surface area contributed by atoms with Gasteiger partial charge in [-0.3, -0.25) is 0 Å². The van der Waals surface area contributed by atoms with Crippen LogP contribution in [0.4, 0.5) is 16.2 Å². The Hall–Kier alpha value is -2.44. The van der Waals surface area contributed by atoms with Crippen molar-refractivity contribution in [1.29, 1.82) is 0 Å². The Morgan fingerprint density at radius 2 is 1.75 bits per heavy atom. The maximum absolute atomic E-state index is 12.1. The molecule has 24 heavy (non-hydrogen) atoms. The van der Waals surface area contributed by atoms with Gasteiger partial charge in [0.15, 0.2) is 0 Å². The summed E-state index contributed by atoms with van der Waals surface area (Å²) in [6.45, 7) is 9.62. The highest BCUT2D eigenvalue weighted by Gasteiger charge is 2.27. The first-order chi connectivity index (χ1) is 11.1. The smallest absolute Gasteiger partial charge is 0.410 e. The lowest BCUT2D eigenvalue weighted by Gasteiger charge is -2.37. The Morgan fingerprint density at radius 3 is 2.25 bits per heavy atom. The van der Waals surface area contributed by atoms with E-state index in [1.807, 2.05) is 27.7 Å². The molecule has 1 aliphatic heterocycles. The summed E-state index contributed by atoms with van der Waals surface area (Å²) in [4.78, 5) is 27.1. The summed E-state index contributed by atoms with van der Waals surface area (Å²) in [5, 5.41) is 9.20. The highest BCUT2D eigenvalue weighted by molar-refractivity contribution is 5.91. The number of piperazine rings is 1. The van der Waals surface area contributed by atoms with Crippen molar-refractivity contribution in [2.45, 2.75) is 33.3 Å². The number of hydrogen-bond acceptors (Lipinski definition) is 5. The number of amides is 1. The number of benzene rings is 1. The molecule has 1 aliphatic rings. The summed E-state index contributed by atoms with van der Waals surface area (Å²) in [5.41, 5.74) is 7.70. The van der Waals surface area contributed by atoms with Crippen molar-refractivity contribution in [2.75, 3.05) is 36.8 Å². The molecule has 0 spiro atoms. The number of hydrogen-bond donors (Lipinski definition) is 2. The molecule has 0 aromatic heterocycles. The first-order valence-corrected chi connectivity index (χ1v) is 7.95. The van der Waals surface area contributed by atoms with E-state index in [9.17, 15) is 14.7 Å². The molecule has 0 saturated carbocycles. The van der Waals surface area contributed by atoms with Crippen molar-refractivity contribution < 1.29 is 19.4 Å². The molecule has 7 heteroatoms. The second-order valence-electron chi connectivity index (χ2n) is 6.97. The Bertz CT molecular complexity index is 644. The average Bonchev–Trinajstić information content (AvgIpc) is 2.48. The number of nitrogens with zero attached hydrogens (tertiary/aromatic N) is 2. The fourth-order valence-corrected chi connectivity index (χ4v) is 2.63. The predicted molar refractivity (Wildman–Crippen MR) is 92.6 cm³/mol. The van der Waals surface area contributed by atoms with Crippen LogP contribution in [0.3, 0.4) is 0 Å². The van der Waals surface area contributed by atoms with Gasteiger partial charge >= 0.3 is 12.1 Å². The summed E-state index contributed by atoms with van der Waals surface area (Å²) in [5.74, 6) is -1.00. The molecule has 1 aromatic rings. The minimum absolute atomic E-state index is 0.169. The van der Waals surface area contributed by atoms with Crippen molar-refractivity contribution in [1.82, 2.24) is 4.90 Å². The molecule has 0 aliphatic carbocycles. The number of ether oxygens (including phenoxy) is 1. The van der Waals surface area contributed by atoms with Crippen LogP contribution in [0.1, 0.15) is 36.7 Å². The van der Waals surface area contributed by atoms with Crippen LogP contribution in [0.25, 0.3) is 0 Å². The van der Waals surface area contributed by atoms with Gasteiger partial charge in [-0.25, -0.2) is 9.59 Å². The monoisotopic (exact) mass is 335 g/mol. The van der Waals surface area contributed by atoms with E-state index in [-0.39, 0.29) is 11.7 Å². The quantitative estimate of drug-likeness (QED) is 0.805. The number of aromatic carboxylic acids is 1. The van der Waals surface area contributed by atoms with Gasteiger partial charge in [-0.15, -0.1) is 0 Å². The molecule has 0 unspecified atom stereocenters.